The second-order valence-corrected chi connectivity index (χ2v) is 6.33. The lowest BCUT2D eigenvalue weighted by Crippen LogP contribution is -2.31. The third-order valence-electron chi connectivity index (χ3n) is 3.73. The van der Waals surface area contributed by atoms with Crippen molar-refractivity contribution in [3.05, 3.63) is 22.0 Å². The molecule has 1 amide bonds. The highest BCUT2D eigenvalue weighted by atomic mass is 32.1. The molecule has 0 radical (unpaired) electrons. The molecule has 0 spiro atoms. The molecule has 0 bridgehead atoms. The second kappa shape index (κ2) is 6.52. The lowest BCUT2D eigenvalue weighted by atomic mass is 10.1. The van der Waals surface area contributed by atoms with E-state index in [2.05, 4.69) is 16.9 Å². The predicted octanol–water partition coefficient (Wildman–Crippen LogP) is 3.88. The fraction of sp³-hybridized carbons (Fsp3) is 0.562. The number of nitrogens with zero attached hydrogens (tertiary/aromatic N) is 3. The number of carbonyl (C=O) groups excluding carboxylic acids is 1. The average Bonchev–Trinajstić information content (AvgIpc) is 2.76. The van der Waals surface area contributed by atoms with Crippen molar-refractivity contribution in [2.24, 2.45) is 0 Å². The monoisotopic (exact) mass is 305 g/mol. The van der Waals surface area contributed by atoms with Crippen molar-refractivity contribution in [2.45, 2.75) is 47.5 Å². The van der Waals surface area contributed by atoms with E-state index in [9.17, 15) is 4.79 Å². The van der Waals surface area contributed by atoms with Gasteiger partial charge in [-0.2, -0.15) is 0 Å². The normalized spacial score (nSPS) is 11.1. The van der Waals surface area contributed by atoms with E-state index in [1.165, 1.54) is 11.3 Å². The number of aryl methyl sites for hydroxylation is 3. The molecular formula is C16H23N3OS. The smallest absolute Gasteiger partial charge is 0.264 e. The Morgan fingerprint density at radius 2 is 1.90 bits per heavy atom. The van der Waals surface area contributed by atoms with Crippen molar-refractivity contribution in [3.8, 4) is 0 Å². The summed E-state index contributed by atoms with van der Waals surface area (Å²) in [7, 11) is 0. The van der Waals surface area contributed by atoms with E-state index in [4.69, 9.17) is 0 Å². The molecular weight excluding hydrogens is 282 g/mol. The van der Waals surface area contributed by atoms with Gasteiger partial charge in [0.05, 0.1) is 4.88 Å². The molecule has 21 heavy (non-hydrogen) atoms. The van der Waals surface area contributed by atoms with Crippen LogP contribution in [0, 0.1) is 20.8 Å². The highest BCUT2D eigenvalue weighted by molar-refractivity contribution is 7.20. The van der Waals surface area contributed by atoms with E-state index in [0.717, 1.165) is 58.1 Å². The number of carbonyl (C=O) groups is 1. The zero-order chi connectivity index (χ0) is 15.6. The summed E-state index contributed by atoms with van der Waals surface area (Å²) in [6, 6.07) is 0. The minimum atomic E-state index is 0.128. The molecule has 0 saturated heterocycles. The fourth-order valence-corrected chi connectivity index (χ4v) is 3.82. The Morgan fingerprint density at radius 1 is 1.19 bits per heavy atom. The Balaban J connectivity index is 2.44. The molecule has 2 aromatic rings. The maximum absolute atomic E-state index is 12.8. The number of hydrogen-bond donors (Lipinski definition) is 0. The van der Waals surface area contributed by atoms with Gasteiger partial charge in [-0.3, -0.25) is 4.79 Å². The van der Waals surface area contributed by atoms with Gasteiger partial charge in [0.1, 0.15) is 10.7 Å². The van der Waals surface area contributed by atoms with Crippen molar-refractivity contribution >= 4 is 27.5 Å². The Morgan fingerprint density at radius 3 is 2.52 bits per heavy atom. The van der Waals surface area contributed by atoms with Gasteiger partial charge in [0, 0.05) is 24.2 Å². The SMILES string of the molecule is CCCCN(CC)C(=O)c1sc2nc(C)nc(C)c2c1C. The maximum Gasteiger partial charge on any atom is 0.264 e. The van der Waals surface area contributed by atoms with Gasteiger partial charge < -0.3 is 4.90 Å². The molecule has 5 heteroatoms. The number of rotatable bonds is 5. The molecule has 4 nitrogen and oxygen atoms in total. The third kappa shape index (κ3) is 3.07. The molecule has 0 unspecified atom stereocenters. The highest BCUT2D eigenvalue weighted by Crippen LogP contribution is 2.32. The predicted molar refractivity (Wildman–Crippen MR) is 88.1 cm³/mol. The van der Waals surface area contributed by atoms with Gasteiger partial charge in [-0.05, 0) is 39.7 Å². The quantitative estimate of drug-likeness (QED) is 0.842. The largest absolute Gasteiger partial charge is 0.338 e. The summed E-state index contributed by atoms with van der Waals surface area (Å²) in [6.45, 7) is 11.6. The van der Waals surface area contributed by atoms with Crippen LogP contribution >= 0.6 is 11.3 Å². The zero-order valence-electron chi connectivity index (χ0n) is 13.5. The summed E-state index contributed by atoms with van der Waals surface area (Å²) in [5.74, 6) is 0.891. The van der Waals surface area contributed by atoms with Crippen LogP contribution in [-0.2, 0) is 0 Å². The molecule has 0 aromatic carbocycles. The van der Waals surface area contributed by atoms with Crippen LogP contribution in [0.15, 0.2) is 0 Å². The van der Waals surface area contributed by atoms with Crippen LogP contribution in [0.2, 0.25) is 0 Å². The van der Waals surface area contributed by atoms with Gasteiger partial charge in [0.2, 0.25) is 0 Å². The Bertz CT molecular complexity index is 663. The molecule has 0 aliphatic heterocycles. The number of fused-ring (bicyclic) bond motifs is 1. The summed E-state index contributed by atoms with van der Waals surface area (Å²) in [6.07, 6.45) is 2.14. The minimum absolute atomic E-state index is 0.128. The molecule has 2 aromatic heterocycles. The van der Waals surface area contributed by atoms with E-state index in [0.29, 0.717) is 0 Å². The van der Waals surface area contributed by atoms with E-state index in [-0.39, 0.29) is 5.91 Å². The molecule has 2 heterocycles. The Kier molecular flexibility index (Phi) is 4.93. The van der Waals surface area contributed by atoms with Gasteiger partial charge >= 0.3 is 0 Å². The van der Waals surface area contributed by atoms with Crippen LogP contribution in [0.4, 0.5) is 0 Å². The number of amides is 1. The summed E-state index contributed by atoms with van der Waals surface area (Å²) < 4.78 is 0. The topological polar surface area (TPSA) is 46.1 Å². The lowest BCUT2D eigenvalue weighted by molar-refractivity contribution is 0.0766. The highest BCUT2D eigenvalue weighted by Gasteiger charge is 2.22. The Labute approximate surface area is 130 Å². The lowest BCUT2D eigenvalue weighted by Gasteiger charge is -2.20. The van der Waals surface area contributed by atoms with Gasteiger partial charge in [-0.1, -0.05) is 13.3 Å². The van der Waals surface area contributed by atoms with Crippen LogP contribution in [0.3, 0.4) is 0 Å². The van der Waals surface area contributed by atoms with Gasteiger partial charge in [0.25, 0.3) is 5.91 Å². The minimum Gasteiger partial charge on any atom is -0.338 e. The van der Waals surface area contributed by atoms with Crippen molar-refractivity contribution in [2.75, 3.05) is 13.1 Å². The van der Waals surface area contributed by atoms with E-state index >= 15 is 0 Å². The summed E-state index contributed by atoms with van der Waals surface area (Å²) in [5.41, 5.74) is 1.98. The van der Waals surface area contributed by atoms with E-state index in [1.807, 2.05) is 32.6 Å². The van der Waals surface area contributed by atoms with Crippen LogP contribution in [0.1, 0.15) is 53.4 Å². The average molecular weight is 305 g/mol. The second-order valence-electron chi connectivity index (χ2n) is 5.33. The standard InChI is InChI=1S/C16H23N3OS/c1-6-8-9-19(7-2)16(20)14-10(3)13-11(4)17-12(5)18-15(13)21-14/h6-9H2,1-5H3. The van der Waals surface area contributed by atoms with Crippen LogP contribution in [0.5, 0.6) is 0 Å². The molecule has 2 rings (SSSR count). The molecule has 0 aliphatic carbocycles. The van der Waals surface area contributed by atoms with Crippen molar-refractivity contribution < 1.29 is 4.79 Å². The third-order valence-corrected chi connectivity index (χ3v) is 4.90. The molecule has 0 fully saturated rings. The molecule has 0 saturated carbocycles. The first-order chi connectivity index (χ1) is 9.99. The zero-order valence-corrected chi connectivity index (χ0v) is 14.3. The Hall–Kier alpha value is -1.49. The first-order valence-electron chi connectivity index (χ1n) is 7.53. The van der Waals surface area contributed by atoms with Crippen molar-refractivity contribution in [1.82, 2.24) is 14.9 Å². The summed E-state index contributed by atoms with van der Waals surface area (Å²) >= 11 is 1.50. The van der Waals surface area contributed by atoms with Crippen LogP contribution in [-0.4, -0.2) is 33.9 Å². The number of hydrogen-bond acceptors (Lipinski definition) is 4. The van der Waals surface area contributed by atoms with E-state index in [1.54, 1.807) is 0 Å². The summed E-state index contributed by atoms with van der Waals surface area (Å²) in [4.78, 5) is 25.3. The molecule has 114 valence electrons. The van der Waals surface area contributed by atoms with E-state index < -0.39 is 0 Å². The van der Waals surface area contributed by atoms with Crippen molar-refractivity contribution in [1.29, 1.82) is 0 Å². The summed E-state index contributed by atoms with van der Waals surface area (Å²) in [5, 5.41) is 1.04. The number of aromatic nitrogens is 2. The van der Waals surface area contributed by atoms with Gasteiger partial charge in [-0.15, -0.1) is 11.3 Å². The first kappa shape index (κ1) is 15.9. The number of unbranched alkanes of at least 4 members (excludes halogenated alkanes) is 1. The fourth-order valence-electron chi connectivity index (χ4n) is 2.57. The molecule has 0 aliphatic rings. The van der Waals surface area contributed by atoms with Crippen LogP contribution < -0.4 is 0 Å². The van der Waals surface area contributed by atoms with Crippen LogP contribution in [0.25, 0.3) is 10.2 Å². The maximum atomic E-state index is 12.8. The first-order valence-corrected chi connectivity index (χ1v) is 8.34. The molecule has 0 atom stereocenters. The number of thiophene rings is 1. The van der Waals surface area contributed by atoms with Gasteiger partial charge in [-0.25, -0.2) is 9.97 Å². The van der Waals surface area contributed by atoms with Gasteiger partial charge in [0.15, 0.2) is 0 Å². The molecule has 0 N–H and O–H groups in total. The van der Waals surface area contributed by atoms with Crippen molar-refractivity contribution in [3.63, 3.8) is 0 Å².